The van der Waals surface area contributed by atoms with Gasteiger partial charge in [-0.1, -0.05) is 6.92 Å². The van der Waals surface area contributed by atoms with Crippen LogP contribution in [0.1, 0.15) is 20.3 Å². The molecule has 1 fully saturated rings. The van der Waals surface area contributed by atoms with E-state index in [1.807, 2.05) is 0 Å². The Morgan fingerprint density at radius 3 is 2.71 bits per heavy atom. The maximum atomic E-state index is 11.6. The van der Waals surface area contributed by atoms with Crippen LogP contribution in [0.4, 0.5) is 4.79 Å². The van der Waals surface area contributed by atoms with Crippen LogP contribution in [0.15, 0.2) is 0 Å². The number of hydrogen-bond acceptors (Lipinski definition) is 4. The van der Waals surface area contributed by atoms with Gasteiger partial charge in [0.15, 0.2) is 0 Å². The van der Waals surface area contributed by atoms with E-state index in [0.717, 1.165) is 19.5 Å². The summed E-state index contributed by atoms with van der Waals surface area (Å²) in [5, 5.41) is 2.11. The van der Waals surface area contributed by atoms with Crippen LogP contribution in [0.25, 0.3) is 0 Å². The van der Waals surface area contributed by atoms with Crippen LogP contribution in [-0.2, 0) is 4.79 Å². The van der Waals surface area contributed by atoms with Gasteiger partial charge in [-0.2, -0.15) is 0 Å². The van der Waals surface area contributed by atoms with Gasteiger partial charge in [-0.25, -0.2) is 4.79 Å². The smallest absolute Gasteiger partial charge is 0.318 e. The minimum absolute atomic E-state index is 0.343. The highest BCUT2D eigenvalue weighted by molar-refractivity contribution is 5.96. The number of likely N-dealkylation sites (tertiary alicyclic amines) is 1. The van der Waals surface area contributed by atoms with Crippen molar-refractivity contribution in [1.82, 2.24) is 10.2 Å². The van der Waals surface area contributed by atoms with Crippen LogP contribution in [-0.4, -0.2) is 42.5 Å². The summed E-state index contributed by atoms with van der Waals surface area (Å²) in [4.78, 5) is 24.3. The number of imide groups is 1. The third kappa shape index (κ3) is 3.67. The third-order valence-corrected chi connectivity index (χ3v) is 3.62. The predicted molar refractivity (Wildman–Crippen MR) is 65.1 cm³/mol. The number of nitrogens with two attached hydrogens (primary N) is 2. The molecule has 0 aromatic rings. The molecule has 6 nitrogen and oxygen atoms in total. The van der Waals surface area contributed by atoms with E-state index in [1.165, 1.54) is 0 Å². The van der Waals surface area contributed by atoms with Crippen molar-refractivity contribution in [3.63, 3.8) is 0 Å². The number of nitrogens with one attached hydrogen (secondary N) is 1. The maximum Gasteiger partial charge on any atom is 0.318 e. The minimum atomic E-state index is -0.803. The second-order valence-electron chi connectivity index (χ2n) is 4.79. The first-order valence-electron chi connectivity index (χ1n) is 6.00. The SMILES string of the molecule is CC1CCN(C(C)C(=O)NC(N)=O)CC1CN. The van der Waals surface area contributed by atoms with Gasteiger partial charge >= 0.3 is 6.03 Å². The van der Waals surface area contributed by atoms with E-state index in [2.05, 4.69) is 17.1 Å². The van der Waals surface area contributed by atoms with Crippen LogP contribution in [0.3, 0.4) is 0 Å². The van der Waals surface area contributed by atoms with E-state index in [0.29, 0.717) is 18.4 Å². The maximum absolute atomic E-state index is 11.6. The molecule has 0 saturated carbocycles. The monoisotopic (exact) mass is 242 g/mol. The number of piperidine rings is 1. The summed E-state index contributed by atoms with van der Waals surface area (Å²) in [5.41, 5.74) is 10.6. The zero-order valence-electron chi connectivity index (χ0n) is 10.5. The van der Waals surface area contributed by atoms with E-state index < -0.39 is 6.03 Å². The first-order chi connectivity index (χ1) is 7.95. The summed E-state index contributed by atoms with van der Waals surface area (Å²) < 4.78 is 0. The molecular weight excluding hydrogens is 220 g/mol. The standard InChI is InChI=1S/C11H22N4O2/c1-7-3-4-15(6-9(7)5-12)8(2)10(16)14-11(13)17/h7-9H,3-6,12H2,1-2H3,(H3,13,14,16,17). The molecule has 3 atom stereocenters. The van der Waals surface area contributed by atoms with Gasteiger partial charge < -0.3 is 11.5 Å². The Balaban J connectivity index is 2.55. The molecule has 0 radical (unpaired) electrons. The van der Waals surface area contributed by atoms with Gasteiger partial charge in [-0.3, -0.25) is 15.0 Å². The minimum Gasteiger partial charge on any atom is -0.351 e. The molecule has 1 aliphatic rings. The van der Waals surface area contributed by atoms with Gasteiger partial charge in [-0.05, 0) is 38.3 Å². The van der Waals surface area contributed by atoms with Gasteiger partial charge in [0, 0.05) is 6.54 Å². The lowest BCUT2D eigenvalue weighted by atomic mass is 9.86. The molecule has 0 spiro atoms. The lowest BCUT2D eigenvalue weighted by Gasteiger charge is -2.39. The summed E-state index contributed by atoms with van der Waals surface area (Å²) in [6.07, 6.45) is 1.02. The number of carbonyl (C=O) groups is 2. The first kappa shape index (κ1) is 13.9. The van der Waals surface area contributed by atoms with E-state index in [4.69, 9.17) is 11.5 Å². The van der Waals surface area contributed by atoms with Gasteiger partial charge in [0.05, 0.1) is 6.04 Å². The van der Waals surface area contributed by atoms with Gasteiger partial charge in [0.2, 0.25) is 5.91 Å². The lowest BCUT2D eigenvalue weighted by molar-refractivity contribution is -0.125. The van der Waals surface area contributed by atoms with Crippen molar-refractivity contribution >= 4 is 11.9 Å². The van der Waals surface area contributed by atoms with E-state index >= 15 is 0 Å². The number of urea groups is 1. The molecule has 3 unspecified atom stereocenters. The van der Waals surface area contributed by atoms with Crippen molar-refractivity contribution < 1.29 is 9.59 Å². The molecule has 0 aromatic heterocycles. The molecule has 1 heterocycles. The van der Waals surface area contributed by atoms with Crippen molar-refractivity contribution in [2.24, 2.45) is 23.3 Å². The van der Waals surface area contributed by atoms with E-state index in [1.54, 1.807) is 6.92 Å². The zero-order valence-corrected chi connectivity index (χ0v) is 10.5. The molecule has 1 aliphatic heterocycles. The summed E-state index contributed by atoms with van der Waals surface area (Å²) in [5.74, 6) is 0.651. The summed E-state index contributed by atoms with van der Waals surface area (Å²) in [6, 6.07) is -1.15. The number of carbonyl (C=O) groups excluding carboxylic acids is 2. The Morgan fingerprint density at radius 2 is 2.18 bits per heavy atom. The van der Waals surface area contributed by atoms with Gasteiger partial charge in [-0.15, -0.1) is 0 Å². The first-order valence-corrected chi connectivity index (χ1v) is 6.00. The van der Waals surface area contributed by atoms with E-state index in [-0.39, 0.29) is 11.9 Å². The Labute approximate surface area is 102 Å². The van der Waals surface area contributed by atoms with Crippen LogP contribution < -0.4 is 16.8 Å². The lowest BCUT2D eigenvalue weighted by Crippen LogP contribution is -2.53. The summed E-state index contributed by atoms with van der Waals surface area (Å²) in [6.45, 7) is 6.24. The van der Waals surface area contributed by atoms with Crippen LogP contribution in [0, 0.1) is 11.8 Å². The highest BCUT2D eigenvalue weighted by atomic mass is 16.2. The fourth-order valence-corrected chi connectivity index (χ4v) is 2.23. The summed E-state index contributed by atoms with van der Waals surface area (Å²) in [7, 11) is 0. The average molecular weight is 242 g/mol. The second kappa shape index (κ2) is 5.97. The number of amides is 3. The number of primary amides is 1. The number of hydrogen-bond donors (Lipinski definition) is 3. The Hall–Kier alpha value is -1.14. The van der Waals surface area contributed by atoms with E-state index in [9.17, 15) is 9.59 Å². The molecule has 1 rings (SSSR count). The normalized spacial score (nSPS) is 27.5. The second-order valence-corrected chi connectivity index (χ2v) is 4.79. The quantitative estimate of drug-likeness (QED) is 0.620. The molecule has 1 saturated heterocycles. The van der Waals surface area contributed by atoms with Crippen LogP contribution in [0.2, 0.25) is 0 Å². The Kier molecular flexibility index (Phi) is 4.89. The fourth-order valence-electron chi connectivity index (χ4n) is 2.23. The topological polar surface area (TPSA) is 101 Å². The van der Waals surface area contributed by atoms with Crippen molar-refractivity contribution in [2.75, 3.05) is 19.6 Å². The Morgan fingerprint density at radius 1 is 1.53 bits per heavy atom. The van der Waals surface area contributed by atoms with Crippen molar-refractivity contribution in [3.8, 4) is 0 Å². The van der Waals surface area contributed by atoms with Crippen LogP contribution in [0.5, 0.6) is 0 Å². The third-order valence-electron chi connectivity index (χ3n) is 3.62. The summed E-state index contributed by atoms with van der Waals surface area (Å²) >= 11 is 0. The number of nitrogens with zero attached hydrogens (tertiary/aromatic N) is 1. The highest BCUT2D eigenvalue weighted by Gasteiger charge is 2.30. The molecule has 3 amide bonds. The average Bonchev–Trinajstić information content (AvgIpc) is 2.27. The number of rotatable bonds is 3. The molecule has 5 N–H and O–H groups in total. The molecule has 98 valence electrons. The van der Waals surface area contributed by atoms with Crippen molar-refractivity contribution in [2.45, 2.75) is 26.3 Å². The molecular formula is C11H22N4O2. The molecule has 17 heavy (non-hydrogen) atoms. The predicted octanol–water partition coefficient (Wildman–Crippen LogP) is -0.513. The van der Waals surface area contributed by atoms with Crippen LogP contribution >= 0.6 is 0 Å². The molecule has 0 bridgehead atoms. The van der Waals surface area contributed by atoms with Crippen molar-refractivity contribution in [1.29, 1.82) is 0 Å². The van der Waals surface area contributed by atoms with Gasteiger partial charge in [0.1, 0.15) is 0 Å². The zero-order chi connectivity index (χ0) is 13.0. The molecule has 0 aromatic carbocycles. The van der Waals surface area contributed by atoms with Crippen molar-refractivity contribution in [3.05, 3.63) is 0 Å². The fraction of sp³-hybridized carbons (Fsp3) is 0.818. The molecule has 0 aliphatic carbocycles. The largest absolute Gasteiger partial charge is 0.351 e. The highest BCUT2D eigenvalue weighted by Crippen LogP contribution is 2.23. The Bertz CT molecular complexity index is 295. The van der Waals surface area contributed by atoms with Gasteiger partial charge in [0.25, 0.3) is 0 Å². The molecule has 6 heteroatoms.